The van der Waals surface area contributed by atoms with E-state index in [1.165, 1.54) is 22.5 Å². The fraction of sp³-hybridized carbons (Fsp3) is 0.190. The smallest absolute Gasteiger partial charge is 0.323 e. The van der Waals surface area contributed by atoms with Gasteiger partial charge in [0, 0.05) is 36.9 Å². The summed E-state index contributed by atoms with van der Waals surface area (Å²) in [5, 5.41) is 5.57. The number of morpholine rings is 1. The van der Waals surface area contributed by atoms with Gasteiger partial charge in [-0.3, -0.25) is 0 Å². The summed E-state index contributed by atoms with van der Waals surface area (Å²) in [6.45, 7) is 1.27. The Morgan fingerprint density at radius 3 is 2.32 bits per heavy atom. The number of urea groups is 1. The number of aromatic nitrogens is 1. The molecule has 1 aliphatic heterocycles. The number of rotatable bonds is 5. The van der Waals surface area contributed by atoms with Crippen LogP contribution in [0.3, 0.4) is 0 Å². The van der Waals surface area contributed by atoms with Crippen molar-refractivity contribution in [2.24, 2.45) is 0 Å². The van der Waals surface area contributed by atoms with Crippen molar-refractivity contribution in [2.75, 3.05) is 36.9 Å². The van der Waals surface area contributed by atoms with Crippen molar-refractivity contribution in [1.29, 1.82) is 0 Å². The number of nitrogens with one attached hydrogen (secondary N) is 2. The summed E-state index contributed by atoms with van der Waals surface area (Å²) in [4.78, 5) is 12.5. The van der Waals surface area contributed by atoms with E-state index in [1.54, 1.807) is 12.1 Å². The lowest BCUT2D eigenvalue weighted by Crippen LogP contribution is -2.40. The molecule has 1 saturated heterocycles. The fourth-order valence-electron chi connectivity index (χ4n) is 3.20. The number of sulfonamides is 1. The molecule has 0 radical (unpaired) electrons. The standard InChI is InChI=1S/C21H21ClN4O4S/c22-19-8-7-18(31(28,29)26-11-13-30-14-12-26)15-20(19)24-21(27)23-16-3-5-17(6-4-16)25-9-1-2-10-25/h1-10,15H,11-14H2,(H2,23,24,27). The minimum atomic E-state index is -3.70. The van der Waals surface area contributed by atoms with Crippen LogP contribution in [0.2, 0.25) is 5.02 Å². The number of halogens is 1. The van der Waals surface area contributed by atoms with Crippen LogP contribution in [0.4, 0.5) is 16.2 Å². The van der Waals surface area contributed by atoms with Gasteiger partial charge >= 0.3 is 6.03 Å². The number of benzene rings is 2. The third kappa shape index (κ3) is 4.91. The third-order valence-electron chi connectivity index (χ3n) is 4.82. The highest BCUT2D eigenvalue weighted by atomic mass is 35.5. The molecule has 8 nitrogen and oxygen atoms in total. The summed E-state index contributed by atoms with van der Waals surface area (Å²) in [6.07, 6.45) is 3.85. The molecule has 0 saturated carbocycles. The van der Waals surface area contributed by atoms with E-state index < -0.39 is 16.1 Å². The van der Waals surface area contributed by atoms with Crippen LogP contribution in [0.1, 0.15) is 0 Å². The van der Waals surface area contributed by atoms with Crippen molar-refractivity contribution in [3.63, 3.8) is 0 Å². The summed E-state index contributed by atoms with van der Waals surface area (Å²) >= 11 is 6.18. The Kier molecular flexibility index (Phi) is 6.28. The maximum Gasteiger partial charge on any atom is 0.323 e. The molecule has 10 heteroatoms. The molecule has 0 bridgehead atoms. The maximum atomic E-state index is 12.9. The number of hydrogen-bond donors (Lipinski definition) is 2. The van der Waals surface area contributed by atoms with Gasteiger partial charge in [-0.1, -0.05) is 11.6 Å². The van der Waals surface area contributed by atoms with Crippen LogP contribution in [0.15, 0.2) is 71.9 Å². The van der Waals surface area contributed by atoms with Crippen molar-refractivity contribution >= 4 is 39.0 Å². The highest BCUT2D eigenvalue weighted by Crippen LogP contribution is 2.27. The molecule has 0 spiro atoms. The van der Waals surface area contributed by atoms with E-state index in [2.05, 4.69) is 10.6 Å². The molecule has 3 aromatic rings. The molecular formula is C21H21ClN4O4S. The fourth-order valence-corrected chi connectivity index (χ4v) is 4.80. The number of ether oxygens (including phenoxy) is 1. The molecule has 0 atom stereocenters. The van der Waals surface area contributed by atoms with Gasteiger partial charge in [-0.05, 0) is 54.6 Å². The van der Waals surface area contributed by atoms with E-state index in [9.17, 15) is 13.2 Å². The predicted octanol–water partition coefficient (Wildman–Crippen LogP) is 3.80. The van der Waals surface area contributed by atoms with Gasteiger partial charge in [-0.25, -0.2) is 13.2 Å². The number of carbonyl (C=O) groups is 1. The molecule has 0 aliphatic carbocycles. The van der Waals surface area contributed by atoms with Crippen LogP contribution < -0.4 is 10.6 Å². The van der Waals surface area contributed by atoms with Gasteiger partial charge in [0.2, 0.25) is 10.0 Å². The molecular weight excluding hydrogens is 440 g/mol. The normalized spacial score (nSPS) is 14.9. The average molecular weight is 461 g/mol. The zero-order valence-electron chi connectivity index (χ0n) is 16.5. The molecule has 31 heavy (non-hydrogen) atoms. The van der Waals surface area contributed by atoms with Crippen molar-refractivity contribution in [3.8, 4) is 5.69 Å². The lowest BCUT2D eigenvalue weighted by Gasteiger charge is -2.26. The Morgan fingerprint density at radius 2 is 1.65 bits per heavy atom. The molecule has 2 N–H and O–H groups in total. The first-order valence-electron chi connectivity index (χ1n) is 9.62. The molecule has 2 heterocycles. The molecule has 1 fully saturated rings. The minimum Gasteiger partial charge on any atom is -0.379 e. The van der Waals surface area contributed by atoms with Crippen LogP contribution in [0.5, 0.6) is 0 Å². The van der Waals surface area contributed by atoms with Crippen molar-refractivity contribution in [1.82, 2.24) is 8.87 Å². The second-order valence-corrected chi connectivity index (χ2v) is 9.22. The summed E-state index contributed by atoms with van der Waals surface area (Å²) in [6, 6.07) is 14.9. The second kappa shape index (κ2) is 9.11. The van der Waals surface area contributed by atoms with Crippen molar-refractivity contribution in [2.45, 2.75) is 4.90 Å². The summed E-state index contributed by atoms with van der Waals surface area (Å²) in [7, 11) is -3.70. The Bertz CT molecular complexity index is 1160. The summed E-state index contributed by atoms with van der Waals surface area (Å²) in [5.41, 5.74) is 1.75. The van der Waals surface area contributed by atoms with Gasteiger partial charge in [0.15, 0.2) is 0 Å². The molecule has 1 aromatic heterocycles. The zero-order valence-corrected chi connectivity index (χ0v) is 18.1. The van der Waals surface area contributed by atoms with E-state index in [0.29, 0.717) is 18.9 Å². The number of hydrogen-bond acceptors (Lipinski definition) is 4. The van der Waals surface area contributed by atoms with Crippen molar-refractivity contribution < 1.29 is 17.9 Å². The topological polar surface area (TPSA) is 92.7 Å². The first-order chi connectivity index (χ1) is 14.9. The van der Waals surface area contributed by atoms with E-state index in [1.807, 2.05) is 41.2 Å². The highest BCUT2D eigenvalue weighted by Gasteiger charge is 2.27. The zero-order chi connectivity index (χ0) is 21.8. The Balaban J connectivity index is 1.46. The molecule has 0 unspecified atom stereocenters. The number of anilines is 2. The van der Waals surface area contributed by atoms with Crippen LogP contribution >= 0.6 is 11.6 Å². The Labute approximate surface area is 185 Å². The van der Waals surface area contributed by atoms with Crippen LogP contribution in [-0.4, -0.2) is 49.6 Å². The van der Waals surface area contributed by atoms with E-state index in [-0.39, 0.29) is 28.7 Å². The Morgan fingerprint density at radius 1 is 0.968 bits per heavy atom. The summed E-state index contributed by atoms with van der Waals surface area (Å²) in [5.74, 6) is 0. The second-order valence-electron chi connectivity index (χ2n) is 6.87. The van der Waals surface area contributed by atoms with E-state index in [4.69, 9.17) is 16.3 Å². The Hall–Kier alpha value is -2.85. The average Bonchev–Trinajstić information content (AvgIpc) is 3.31. The quantitative estimate of drug-likeness (QED) is 0.605. The minimum absolute atomic E-state index is 0.0603. The third-order valence-corrected chi connectivity index (χ3v) is 7.05. The van der Waals surface area contributed by atoms with Gasteiger partial charge in [-0.15, -0.1) is 0 Å². The van der Waals surface area contributed by atoms with Crippen LogP contribution in [0.25, 0.3) is 5.69 Å². The SMILES string of the molecule is O=C(Nc1ccc(-n2cccc2)cc1)Nc1cc(S(=O)(=O)N2CCOCC2)ccc1Cl. The van der Waals surface area contributed by atoms with Crippen LogP contribution in [0, 0.1) is 0 Å². The molecule has 162 valence electrons. The predicted molar refractivity (Wildman–Crippen MR) is 119 cm³/mol. The van der Waals surface area contributed by atoms with E-state index in [0.717, 1.165) is 5.69 Å². The molecule has 4 rings (SSSR count). The van der Waals surface area contributed by atoms with Gasteiger partial charge in [-0.2, -0.15) is 4.31 Å². The van der Waals surface area contributed by atoms with Gasteiger partial charge in [0.25, 0.3) is 0 Å². The molecule has 2 amide bonds. The lowest BCUT2D eigenvalue weighted by molar-refractivity contribution is 0.0730. The van der Waals surface area contributed by atoms with Gasteiger partial charge < -0.3 is 19.9 Å². The number of amides is 2. The molecule has 2 aromatic carbocycles. The largest absolute Gasteiger partial charge is 0.379 e. The molecule has 1 aliphatic rings. The van der Waals surface area contributed by atoms with E-state index >= 15 is 0 Å². The number of nitrogens with zero attached hydrogens (tertiary/aromatic N) is 2. The summed E-state index contributed by atoms with van der Waals surface area (Å²) < 4.78 is 34.2. The first kappa shape index (κ1) is 21.4. The van der Waals surface area contributed by atoms with Gasteiger partial charge in [0.1, 0.15) is 0 Å². The first-order valence-corrected chi connectivity index (χ1v) is 11.4. The van der Waals surface area contributed by atoms with Crippen LogP contribution in [-0.2, 0) is 14.8 Å². The van der Waals surface area contributed by atoms with Gasteiger partial charge in [0.05, 0.1) is 28.8 Å². The monoisotopic (exact) mass is 460 g/mol. The highest BCUT2D eigenvalue weighted by molar-refractivity contribution is 7.89. The maximum absolute atomic E-state index is 12.9. The van der Waals surface area contributed by atoms with Crippen molar-refractivity contribution in [3.05, 3.63) is 72.0 Å². The number of carbonyl (C=O) groups excluding carboxylic acids is 1. The lowest BCUT2D eigenvalue weighted by atomic mass is 10.3.